The molecular formula is C69H104N18O23S2. The number of hydrogen-bond acceptors (Lipinski definition) is 26. The van der Waals surface area contributed by atoms with Crippen LogP contribution < -0.4 is 64.6 Å². The van der Waals surface area contributed by atoms with E-state index >= 15 is 4.79 Å². The van der Waals surface area contributed by atoms with Crippen LogP contribution in [0.15, 0.2) is 40.1 Å². The van der Waals surface area contributed by atoms with E-state index in [1.807, 2.05) is 6.92 Å². The zero-order valence-electron chi connectivity index (χ0n) is 62.4. The van der Waals surface area contributed by atoms with Gasteiger partial charge in [-0.1, -0.05) is 43.7 Å². The van der Waals surface area contributed by atoms with Crippen molar-refractivity contribution < 1.29 is 112 Å². The maximum Gasteiger partial charge on any atom is 0.317 e. The monoisotopic (exact) mass is 1620 g/mol. The van der Waals surface area contributed by atoms with Crippen LogP contribution in [0.4, 0.5) is 4.79 Å². The van der Waals surface area contributed by atoms with Gasteiger partial charge in [0.15, 0.2) is 0 Å². The Hall–Kier alpha value is -9.63. The van der Waals surface area contributed by atoms with E-state index in [1.54, 1.807) is 49.9 Å². The summed E-state index contributed by atoms with van der Waals surface area (Å²) in [6.45, 7) is 3.07. The summed E-state index contributed by atoms with van der Waals surface area (Å²) in [5, 5.41) is 87.5. The molecular weight excluding hydrogens is 1510 g/mol. The number of unbranched alkanes of at least 4 members (excludes halogenated alkanes) is 2. The van der Waals surface area contributed by atoms with E-state index in [9.17, 15) is 107 Å². The summed E-state index contributed by atoms with van der Waals surface area (Å²) in [6, 6.07) is -7.39. The van der Waals surface area contributed by atoms with Crippen molar-refractivity contribution in [1.82, 2.24) is 82.6 Å². The summed E-state index contributed by atoms with van der Waals surface area (Å²) in [4.78, 5) is 238. The maximum atomic E-state index is 15.0. The number of carboxylic acids is 4. The molecule has 0 saturated carbocycles. The number of fused-ring (bicyclic) bond motifs is 2. The first-order valence-corrected chi connectivity index (χ1v) is 39.0. The van der Waals surface area contributed by atoms with Crippen molar-refractivity contribution >= 4 is 124 Å². The average Bonchev–Trinajstić information content (AvgIpc) is 1.59. The van der Waals surface area contributed by atoms with Gasteiger partial charge in [-0.25, -0.2) is 4.79 Å². The van der Waals surface area contributed by atoms with Crippen LogP contribution in [0.2, 0.25) is 0 Å². The van der Waals surface area contributed by atoms with Gasteiger partial charge in [-0.05, 0) is 76.7 Å². The second-order valence-electron chi connectivity index (χ2n) is 27.8. The SMILES string of the molecule is CCCCNC(=O)N[C@H]1CSC2=C(SC[C@@H](C(=O)N[C@@H](CC(=O)O)C(=O)N[C@@H](CCCCNC(=O)CN3CCN(CC(=O)O)CCN(CC(=O)O)CCN(CC(=O)O)CC3)C(N)=O)NC(O)[C@H](Cc3ccccc3)NC(=O)[C@H](CCC(N)=O)NC(=O)[C@H]([C@@H](C)O)NC(=O)[C@@H]3CCCN3C(=O)[C@@H]3CCCN3C1=O)C(=O)NC2=O. The number of nitrogens with two attached hydrogens (primary N) is 2. The number of rotatable bonds is 30. The van der Waals surface area contributed by atoms with Gasteiger partial charge in [-0.2, -0.15) is 0 Å². The number of carboxylic acid groups (broad SMARTS) is 4. The Labute approximate surface area is 653 Å². The van der Waals surface area contributed by atoms with Crippen LogP contribution in [-0.2, 0) is 83.1 Å². The van der Waals surface area contributed by atoms with Crippen molar-refractivity contribution in [2.75, 3.05) is 116 Å². The lowest BCUT2D eigenvalue weighted by Crippen LogP contribution is -2.63. The molecule has 0 radical (unpaired) electrons. The first-order chi connectivity index (χ1) is 53.2. The molecule has 1 unspecified atom stereocenters. The van der Waals surface area contributed by atoms with Crippen LogP contribution in [0.25, 0.3) is 0 Å². The highest BCUT2D eigenvalue weighted by molar-refractivity contribution is 8.08. The summed E-state index contributed by atoms with van der Waals surface area (Å²) in [6.07, 6.45) is -4.32. The van der Waals surface area contributed by atoms with Gasteiger partial charge < -0.3 is 94.4 Å². The van der Waals surface area contributed by atoms with Crippen LogP contribution in [-0.4, -0.2) is 344 Å². The fraction of sp³-hybridized carbons (Fsp3) is 0.638. The molecule has 3 saturated heterocycles. The highest BCUT2D eigenvalue weighted by Crippen LogP contribution is 2.34. The quantitative estimate of drug-likeness (QED) is 0.0251. The van der Waals surface area contributed by atoms with Crippen molar-refractivity contribution in [2.45, 2.75) is 164 Å². The van der Waals surface area contributed by atoms with Crippen LogP contribution in [0.1, 0.15) is 96.5 Å². The topological polar surface area (TPSA) is 603 Å². The maximum absolute atomic E-state index is 15.0. The van der Waals surface area contributed by atoms with E-state index in [4.69, 9.17) is 11.5 Å². The highest BCUT2D eigenvalue weighted by atomic mass is 32.2. The van der Waals surface area contributed by atoms with E-state index in [0.717, 1.165) is 6.92 Å². The molecule has 41 nitrogen and oxygen atoms in total. The smallest absolute Gasteiger partial charge is 0.317 e. The number of carbonyl (C=O) groups is 17. The molecule has 0 spiro atoms. The number of hydrogen-bond donors (Lipinski definition) is 18. The van der Waals surface area contributed by atoms with Gasteiger partial charge in [-0.3, -0.25) is 107 Å². The number of primary amides is 2. The minimum absolute atomic E-state index is 0.00474. The zero-order chi connectivity index (χ0) is 82.3. The van der Waals surface area contributed by atoms with Crippen LogP contribution in [0, 0.1) is 0 Å². The Morgan fingerprint density at radius 3 is 1.69 bits per heavy atom. The van der Waals surface area contributed by atoms with E-state index < -0.39 is 198 Å². The van der Waals surface area contributed by atoms with E-state index in [1.165, 1.54) is 9.80 Å². The molecule has 14 amide bonds. The molecule has 1 aromatic carbocycles. The highest BCUT2D eigenvalue weighted by Gasteiger charge is 2.46. The van der Waals surface area contributed by atoms with Gasteiger partial charge >= 0.3 is 29.9 Å². The van der Waals surface area contributed by atoms with Crippen molar-refractivity contribution in [1.29, 1.82) is 0 Å². The first kappa shape index (κ1) is 91.2. The molecule has 1 aromatic rings. The summed E-state index contributed by atoms with van der Waals surface area (Å²) in [5.74, 6) is -17.9. The fourth-order valence-electron chi connectivity index (χ4n) is 13.1. The third-order valence-corrected chi connectivity index (χ3v) is 21.6. The van der Waals surface area contributed by atoms with Gasteiger partial charge in [0, 0.05) is 96.5 Å². The van der Waals surface area contributed by atoms with Gasteiger partial charge in [0.2, 0.25) is 59.1 Å². The fourth-order valence-corrected chi connectivity index (χ4v) is 15.4. The molecule has 620 valence electrons. The number of nitrogens with zero attached hydrogens (tertiary/aromatic N) is 6. The minimum atomic E-state index is -2.12. The predicted molar refractivity (Wildman–Crippen MR) is 400 cm³/mol. The van der Waals surface area contributed by atoms with Crippen LogP contribution in [0.3, 0.4) is 0 Å². The summed E-state index contributed by atoms with van der Waals surface area (Å²) >= 11 is 1.16. The molecule has 0 aromatic heterocycles. The van der Waals surface area contributed by atoms with Crippen molar-refractivity contribution in [3.05, 3.63) is 45.7 Å². The summed E-state index contributed by atoms with van der Waals surface area (Å²) < 4.78 is 0. The Morgan fingerprint density at radius 2 is 1.15 bits per heavy atom. The van der Waals surface area contributed by atoms with Crippen molar-refractivity contribution in [3.63, 3.8) is 0 Å². The Balaban J connectivity index is 1.29. The van der Waals surface area contributed by atoms with Gasteiger partial charge in [0.1, 0.15) is 48.5 Å². The van der Waals surface area contributed by atoms with Gasteiger partial charge in [0.05, 0.1) is 60.6 Å². The molecule has 5 aliphatic heterocycles. The number of thioether (sulfide) groups is 2. The third kappa shape index (κ3) is 29.8. The number of aliphatic carboxylic acids is 4. The number of aliphatic hydroxyl groups is 2. The number of imide groups is 1. The van der Waals surface area contributed by atoms with Crippen molar-refractivity contribution in [3.8, 4) is 0 Å². The number of amides is 14. The molecule has 112 heavy (non-hydrogen) atoms. The molecule has 6 rings (SSSR count). The van der Waals surface area contributed by atoms with E-state index in [0.29, 0.717) is 48.3 Å². The van der Waals surface area contributed by atoms with Crippen LogP contribution >= 0.6 is 23.5 Å². The predicted octanol–water partition coefficient (Wildman–Crippen LogP) is -6.90. The van der Waals surface area contributed by atoms with Crippen molar-refractivity contribution in [2.24, 2.45) is 11.5 Å². The summed E-state index contributed by atoms with van der Waals surface area (Å²) in [5.41, 5.74) is 11.7. The Bertz CT molecular complexity index is 3550. The standard InChI is InChI=1S/C69H104N18O23S2/c1-3-4-19-73-69(110)79-46-38-112-57-56(65(106)81-66(57)107)111-37-45(62(103)77-44(32-51(91)92)61(102)74-41(58(71)99)14-8-9-20-72-50(90)33-82-23-25-83(34-52(93)94)27-29-85(36-54(97)98)30-28-84(26-24-82)35-53(95)96)78-60(101)43(31-40-12-6-5-7-13-40)76-59(100)42(17-18-49(70)89)75-64(105)55(39(2)88)80-63(104)47-15-10-21-86(47)68(109)48-16-11-22-87(48)67(46)108/h5-7,12-13,39,41-48,55,60,78,88,101H,3-4,8-11,14-38H2,1-2H3,(H2,70,89)(H2,71,99)(H,72,90)(H,74,102)(H,75,105)(H,76,100)(H,77,103)(H,80,104)(H,91,92)(H,93,94)(H,95,96)(H,97,98)(H2,73,79,110)(H,81,106,107)/t39-,41+,42+,43+,44+,45+,46+,47+,48+,55+,60?/m1/s1. The average molecular weight is 1620 g/mol. The lowest BCUT2D eigenvalue weighted by Gasteiger charge is -2.33. The molecule has 0 aliphatic carbocycles. The number of nitrogens with one attached hydrogen (secondary N) is 10. The number of urea groups is 1. The molecule has 20 N–H and O–H groups in total. The lowest BCUT2D eigenvalue weighted by atomic mass is 10.0. The van der Waals surface area contributed by atoms with Gasteiger partial charge in [-0.15, -0.1) is 23.5 Å². The largest absolute Gasteiger partial charge is 0.481 e. The summed E-state index contributed by atoms with van der Waals surface area (Å²) in [7, 11) is 0. The molecule has 3 fully saturated rings. The lowest BCUT2D eigenvalue weighted by molar-refractivity contribution is -0.147. The molecule has 43 heteroatoms. The van der Waals surface area contributed by atoms with E-state index in [2.05, 4.69) is 53.2 Å². The first-order valence-electron chi connectivity index (χ1n) is 37.0. The minimum Gasteiger partial charge on any atom is -0.481 e. The molecule has 11 atom stereocenters. The molecule has 5 aliphatic rings. The Morgan fingerprint density at radius 1 is 0.607 bits per heavy atom. The molecule has 5 heterocycles. The second-order valence-corrected chi connectivity index (χ2v) is 29.8. The van der Waals surface area contributed by atoms with Crippen LogP contribution in [0.5, 0.6) is 0 Å². The normalized spacial score (nSPS) is 23.9. The zero-order valence-corrected chi connectivity index (χ0v) is 64.1. The number of carbonyl (C=O) groups excluding carboxylic acids is 13. The van der Waals surface area contributed by atoms with Gasteiger partial charge in [0.25, 0.3) is 11.8 Å². The number of aliphatic hydroxyl groups excluding tert-OH is 2. The second kappa shape index (κ2) is 45.8. The Kier molecular flexibility index (Phi) is 37.3. The third-order valence-electron chi connectivity index (χ3n) is 19.1. The molecule has 0 bridgehead atoms. The van der Waals surface area contributed by atoms with E-state index in [-0.39, 0.29) is 159 Å². The number of benzene rings is 1.